The van der Waals surface area contributed by atoms with Crippen LogP contribution < -0.4 is 5.32 Å². The van der Waals surface area contributed by atoms with Crippen LogP contribution in [0.2, 0.25) is 0 Å². The van der Waals surface area contributed by atoms with Gasteiger partial charge in [0.05, 0.1) is 11.7 Å². The van der Waals surface area contributed by atoms with Gasteiger partial charge in [0.25, 0.3) is 5.91 Å². The van der Waals surface area contributed by atoms with Gasteiger partial charge in [-0.3, -0.25) is 4.79 Å². The molecule has 2 heterocycles. The van der Waals surface area contributed by atoms with Crippen molar-refractivity contribution in [2.75, 3.05) is 0 Å². The van der Waals surface area contributed by atoms with Crippen LogP contribution in [0.25, 0.3) is 10.8 Å². The maximum atomic E-state index is 13.8. The predicted molar refractivity (Wildman–Crippen MR) is 90.2 cm³/mol. The third kappa shape index (κ3) is 3.30. The first-order chi connectivity index (χ1) is 11.6. The summed E-state index contributed by atoms with van der Waals surface area (Å²) >= 11 is 1.22. The summed E-state index contributed by atoms with van der Waals surface area (Å²) in [5, 5.41) is 3.39. The molecule has 3 aromatic rings. The highest BCUT2D eigenvalue weighted by Gasteiger charge is 2.20. The van der Waals surface area contributed by atoms with E-state index >= 15 is 0 Å². The molecule has 0 bridgehead atoms. The van der Waals surface area contributed by atoms with E-state index in [0.29, 0.717) is 27.0 Å². The van der Waals surface area contributed by atoms with Crippen LogP contribution in [0.4, 0.5) is 4.39 Å². The quantitative estimate of drug-likeness (QED) is 0.787. The van der Waals surface area contributed by atoms with Gasteiger partial charge >= 0.3 is 0 Å². The lowest BCUT2D eigenvalue weighted by molar-refractivity contribution is 0.0942. The van der Waals surface area contributed by atoms with E-state index in [-0.39, 0.29) is 11.7 Å². The molecule has 7 heteroatoms. The standard InChI is InChI=1S/C17H15FN4OS/c1-10(12-6-3-4-7-13(12)18)21-16(23)14-11(2)22-17(24-14)15-19-8-5-9-20-15/h3-10H,1-2H3,(H,21,23)/t10-/m1/s1. The third-order valence-corrected chi connectivity index (χ3v) is 4.63. The number of thiazole rings is 1. The number of amides is 1. The van der Waals surface area contributed by atoms with E-state index in [1.54, 1.807) is 50.5 Å². The Morgan fingerprint density at radius 1 is 1.21 bits per heavy atom. The molecule has 1 aromatic carbocycles. The Labute approximate surface area is 142 Å². The van der Waals surface area contributed by atoms with Crippen molar-refractivity contribution in [1.82, 2.24) is 20.3 Å². The van der Waals surface area contributed by atoms with E-state index in [2.05, 4.69) is 20.3 Å². The van der Waals surface area contributed by atoms with Gasteiger partial charge in [-0.2, -0.15) is 0 Å². The van der Waals surface area contributed by atoms with E-state index in [4.69, 9.17) is 0 Å². The summed E-state index contributed by atoms with van der Waals surface area (Å²) in [6.07, 6.45) is 3.25. The van der Waals surface area contributed by atoms with Crippen LogP contribution in [0.1, 0.15) is 33.9 Å². The fourth-order valence-corrected chi connectivity index (χ4v) is 3.20. The van der Waals surface area contributed by atoms with E-state index in [1.165, 1.54) is 17.4 Å². The Morgan fingerprint density at radius 2 is 1.92 bits per heavy atom. The van der Waals surface area contributed by atoms with Crippen LogP contribution in [0.5, 0.6) is 0 Å². The van der Waals surface area contributed by atoms with Crippen LogP contribution in [-0.4, -0.2) is 20.9 Å². The molecule has 0 spiro atoms. The maximum absolute atomic E-state index is 13.8. The number of hydrogen-bond donors (Lipinski definition) is 1. The van der Waals surface area contributed by atoms with E-state index in [1.807, 2.05) is 0 Å². The second kappa shape index (κ2) is 6.84. The summed E-state index contributed by atoms with van der Waals surface area (Å²) in [6, 6.07) is 7.66. The van der Waals surface area contributed by atoms with Gasteiger partial charge in [-0.15, -0.1) is 11.3 Å². The van der Waals surface area contributed by atoms with Crippen LogP contribution in [0.15, 0.2) is 42.7 Å². The number of nitrogens with zero attached hydrogens (tertiary/aromatic N) is 3. The molecule has 0 aliphatic heterocycles. The second-order valence-corrected chi connectivity index (χ2v) is 6.22. The molecular weight excluding hydrogens is 327 g/mol. The molecule has 0 unspecified atom stereocenters. The highest BCUT2D eigenvalue weighted by molar-refractivity contribution is 7.17. The largest absolute Gasteiger partial charge is 0.345 e. The number of benzene rings is 1. The van der Waals surface area contributed by atoms with Crippen LogP contribution in [0, 0.1) is 12.7 Å². The van der Waals surface area contributed by atoms with Crippen LogP contribution in [0.3, 0.4) is 0 Å². The normalized spacial score (nSPS) is 12.0. The predicted octanol–water partition coefficient (Wildman–Crippen LogP) is 3.54. The first-order valence-corrected chi connectivity index (χ1v) is 8.18. The molecule has 0 radical (unpaired) electrons. The minimum atomic E-state index is -0.448. The smallest absolute Gasteiger partial charge is 0.263 e. The SMILES string of the molecule is Cc1nc(-c2ncccn2)sc1C(=O)N[C@H](C)c1ccccc1F. The lowest BCUT2D eigenvalue weighted by atomic mass is 10.1. The summed E-state index contributed by atoms with van der Waals surface area (Å²) in [6.45, 7) is 3.50. The first kappa shape index (κ1) is 16.2. The summed E-state index contributed by atoms with van der Waals surface area (Å²) in [7, 11) is 0. The fraction of sp³-hybridized carbons (Fsp3) is 0.176. The number of rotatable bonds is 4. The molecular formula is C17H15FN4OS. The van der Waals surface area contributed by atoms with E-state index in [9.17, 15) is 9.18 Å². The first-order valence-electron chi connectivity index (χ1n) is 7.36. The van der Waals surface area contributed by atoms with Crippen LogP contribution >= 0.6 is 11.3 Å². The molecule has 122 valence electrons. The van der Waals surface area contributed by atoms with Crippen molar-refractivity contribution in [2.45, 2.75) is 19.9 Å². The third-order valence-electron chi connectivity index (χ3n) is 3.48. The Bertz CT molecular complexity index is 866. The zero-order valence-electron chi connectivity index (χ0n) is 13.2. The second-order valence-electron chi connectivity index (χ2n) is 5.22. The summed E-state index contributed by atoms with van der Waals surface area (Å²) in [5.41, 5.74) is 1.04. The number of aryl methyl sites for hydroxylation is 1. The van der Waals surface area contributed by atoms with Gasteiger partial charge in [-0.05, 0) is 26.0 Å². The maximum Gasteiger partial charge on any atom is 0.263 e. The van der Waals surface area contributed by atoms with Crippen molar-refractivity contribution in [3.63, 3.8) is 0 Å². The van der Waals surface area contributed by atoms with Gasteiger partial charge in [-0.1, -0.05) is 18.2 Å². The zero-order valence-corrected chi connectivity index (χ0v) is 14.0. The lowest BCUT2D eigenvalue weighted by Crippen LogP contribution is -2.27. The van der Waals surface area contributed by atoms with Gasteiger partial charge in [-0.25, -0.2) is 19.3 Å². The van der Waals surface area contributed by atoms with Crippen molar-refractivity contribution in [1.29, 1.82) is 0 Å². The zero-order chi connectivity index (χ0) is 17.1. The Hall–Kier alpha value is -2.67. The Morgan fingerprint density at radius 3 is 2.62 bits per heavy atom. The molecule has 1 N–H and O–H groups in total. The molecule has 1 atom stereocenters. The number of halogens is 1. The number of carbonyl (C=O) groups is 1. The van der Waals surface area contributed by atoms with Gasteiger partial charge < -0.3 is 5.32 Å². The van der Waals surface area contributed by atoms with Crippen molar-refractivity contribution in [3.8, 4) is 10.8 Å². The molecule has 0 aliphatic rings. The average molecular weight is 342 g/mol. The van der Waals surface area contributed by atoms with Gasteiger partial charge in [0.2, 0.25) is 0 Å². The van der Waals surface area contributed by atoms with Crippen LogP contribution in [-0.2, 0) is 0 Å². The highest BCUT2D eigenvalue weighted by Crippen LogP contribution is 2.26. The molecule has 0 fully saturated rings. The molecule has 0 aliphatic carbocycles. The summed E-state index contributed by atoms with van der Waals surface area (Å²) < 4.78 is 13.8. The summed E-state index contributed by atoms with van der Waals surface area (Å²) in [4.78, 5) is 25.6. The lowest BCUT2D eigenvalue weighted by Gasteiger charge is -2.14. The van der Waals surface area contributed by atoms with E-state index < -0.39 is 6.04 Å². The van der Waals surface area contributed by atoms with Crippen molar-refractivity contribution in [3.05, 3.63) is 64.7 Å². The fourth-order valence-electron chi connectivity index (χ4n) is 2.28. The van der Waals surface area contributed by atoms with Crippen molar-refractivity contribution < 1.29 is 9.18 Å². The van der Waals surface area contributed by atoms with Crippen molar-refractivity contribution >= 4 is 17.2 Å². The topological polar surface area (TPSA) is 67.8 Å². The monoisotopic (exact) mass is 342 g/mol. The minimum absolute atomic E-state index is 0.289. The highest BCUT2D eigenvalue weighted by atomic mass is 32.1. The molecule has 5 nitrogen and oxygen atoms in total. The summed E-state index contributed by atoms with van der Waals surface area (Å²) in [5.74, 6) is -0.153. The number of nitrogens with one attached hydrogen (secondary N) is 1. The van der Waals surface area contributed by atoms with Gasteiger partial charge in [0.15, 0.2) is 10.8 Å². The van der Waals surface area contributed by atoms with Crippen molar-refractivity contribution in [2.24, 2.45) is 0 Å². The molecule has 3 rings (SSSR count). The van der Waals surface area contributed by atoms with E-state index in [0.717, 1.165) is 0 Å². The number of hydrogen-bond acceptors (Lipinski definition) is 5. The number of carbonyl (C=O) groups excluding carboxylic acids is 1. The Kier molecular flexibility index (Phi) is 4.61. The number of aromatic nitrogens is 3. The molecule has 0 saturated heterocycles. The van der Waals surface area contributed by atoms with Gasteiger partial charge in [0.1, 0.15) is 10.7 Å². The molecule has 1 amide bonds. The van der Waals surface area contributed by atoms with Gasteiger partial charge in [0, 0.05) is 18.0 Å². The molecule has 0 saturated carbocycles. The Balaban J connectivity index is 1.81. The molecule has 2 aromatic heterocycles. The average Bonchev–Trinajstić information content (AvgIpc) is 2.98. The molecule has 24 heavy (non-hydrogen) atoms. The minimum Gasteiger partial charge on any atom is -0.345 e.